The number of carboxylic acids is 1. The molecule has 102 valence electrons. The van der Waals surface area contributed by atoms with E-state index in [1.807, 2.05) is 29.8 Å². The van der Waals surface area contributed by atoms with E-state index in [0.717, 1.165) is 22.4 Å². The zero-order chi connectivity index (χ0) is 14.4. The molecule has 0 radical (unpaired) electrons. The largest absolute Gasteiger partial charge is 0.481 e. The lowest BCUT2D eigenvalue weighted by Crippen LogP contribution is -2.17. The molecular weight excluding hydrogens is 240 g/mol. The SMILES string of the molecule is CC(C(=O)O)c1ccc2nc(C(C)(C)C)n(C)c2c1. The molecule has 0 fully saturated rings. The molecule has 1 N–H and O–H groups in total. The van der Waals surface area contributed by atoms with Gasteiger partial charge in [-0.2, -0.15) is 0 Å². The summed E-state index contributed by atoms with van der Waals surface area (Å²) in [6.07, 6.45) is 0. The number of nitrogens with zero attached hydrogens (tertiary/aromatic N) is 2. The van der Waals surface area contributed by atoms with Crippen LogP contribution in [0.2, 0.25) is 0 Å². The van der Waals surface area contributed by atoms with Crippen LogP contribution in [0.1, 0.15) is 45.0 Å². The molecule has 19 heavy (non-hydrogen) atoms. The number of hydrogen-bond donors (Lipinski definition) is 1. The van der Waals surface area contributed by atoms with Crippen molar-refractivity contribution >= 4 is 17.0 Å². The zero-order valence-corrected chi connectivity index (χ0v) is 12.1. The molecule has 0 aliphatic carbocycles. The molecule has 0 spiro atoms. The van der Waals surface area contributed by atoms with Crippen LogP contribution in [0.3, 0.4) is 0 Å². The Bertz CT molecular complexity index is 635. The highest BCUT2D eigenvalue weighted by Gasteiger charge is 2.22. The van der Waals surface area contributed by atoms with Gasteiger partial charge in [-0.25, -0.2) is 4.98 Å². The first-order valence-corrected chi connectivity index (χ1v) is 6.41. The summed E-state index contributed by atoms with van der Waals surface area (Å²) in [4.78, 5) is 15.7. The van der Waals surface area contributed by atoms with Crippen molar-refractivity contribution < 1.29 is 9.90 Å². The van der Waals surface area contributed by atoms with Crippen LogP contribution >= 0.6 is 0 Å². The van der Waals surface area contributed by atoms with Crippen molar-refractivity contribution in [1.82, 2.24) is 9.55 Å². The van der Waals surface area contributed by atoms with Gasteiger partial charge in [-0.1, -0.05) is 26.8 Å². The van der Waals surface area contributed by atoms with E-state index in [4.69, 9.17) is 5.11 Å². The van der Waals surface area contributed by atoms with Crippen molar-refractivity contribution in [1.29, 1.82) is 0 Å². The molecule has 2 aromatic rings. The van der Waals surface area contributed by atoms with Crippen LogP contribution < -0.4 is 0 Å². The van der Waals surface area contributed by atoms with Gasteiger partial charge in [0.1, 0.15) is 5.82 Å². The van der Waals surface area contributed by atoms with Crippen LogP contribution in [0, 0.1) is 0 Å². The van der Waals surface area contributed by atoms with Gasteiger partial charge in [-0.15, -0.1) is 0 Å². The van der Waals surface area contributed by atoms with Crippen molar-refractivity contribution in [3.63, 3.8) is 0 Å². The molecule has 0 saturated carbocycles. The smallest absolute Gasteiger partial charge is 0.310 e. The number of aromatic nitrogens is 2. The first-order chi connectivity index (χ1) is 8.71. The first-order valence-electron chi connectivity index (χ1n) is 6.41. The molecule has 1 aromatic heterocycles. The molecule has 0 saturated heterocycles. The normalized spacial score (nSPS) is 13.7. The Balaban J connectivity index is 2.61. The summed E-state index contributed by atoms with van der Waals surface area (Å²) in [7, 11) is 1.98. The van der Waals surface area contributed by atoms with Crippen LogP contribution in [0.15, 0.2) is 18.2 Å². The molecule has 4 nitrogen and oxygen atoms in total. The number of aryl methyl sites for hydroxylation is 1. The molecule has 2 rings (SSSR count). The van der Waals surface area contributed by atoms with Crippen molar-refractivity contribution in [3.8, 4) is 0 Å². The lowest BCUT2D eigenvalue weighted by Gasteiger charge is -2.17. The Morgan fingerprint density at radius 3 is 2.53 bits per heavy atom. The highest BCUT2D eigenvalue weighted by Crippen LogP contribution is 2.27. The molecular formula is C15H20N2O2. The van der Waals surface area contributed by atoms with E-state index < -0.39 is 11.9 Å². The molecule has 1 aromatic carbocycles. The zero-order valence-electron chi connectivity index (χ0n) is 12.1. The van der Waals surface area contributed by atoms with Gasteiger partial charge in [0.2, 0.25) is 0 Å². The van der Waals surface area contributed by atoms with E-state index in [1.54, 1.807) is 6.92 Å². The summed E-state index contributed by atoms with van der Waals surface area (Å²) in [6, 6.07) is 5.68. The minimum Gasteiger partial charge on any atom is -0.481 e. The fraction of sp³-hybridized carbons (Fsp3) is 0.467. The minimum atomic E-state index is -0.808. The number of imidazole rings is 1. The van der Waals surface area contributed by atoms with Crippen LogP contribution in [0.5, 0.6) is 0 Å². The number of carboxylic acid groups (broad SMARTS) is 1. The summed E-state index contributed by atoms with van der Waals surface area (Å²) in [5, 5.41) is 9.09. The Hall–Kier alpha value is -1.84. The topological polar surface area (TPSA) is 55.1 Å². The van der Waals surface area contributed by atoms with Gasteiger partial charge in [-0.05, 0) is 24.6 Å². The average molecular weight is 260 g/mol. The minimum absolute atomic E-state index is 0.0354. The number of carbonyl (C=O) groups is 1. The van der Waals surface area contributed by atoms with E-state index in [0.29, 0.717) is 0 Å². The van der Waals surface area contributed by atoms with Gasteiger partial charge in [0.25, 0.3) is 0 Å². The molecule has 4 heteroatoms. The van der Waals surface area contributed by atoms with Crippen LogP contribution in [0.25, 0.3) is 11.0 Å². The van der Waals surface area contributed by atoms with Crippen molar-refractivity contribution in [3.05, 3.63) is 29.6 Å². The fourth-order valence-corrected chi connectivity index (χ4v) is 2.29. The number of benzene rings is 1. The number of hydrogen-bond acceptors (Lipinski definition) is 2. The van der Waals surface area contributed by atoms with E-state index in [9.17, 15) is 4.79 Å². The third-order valence-corrected chi connectivity index (χ3v) is 3.45. The quantitative estimate of drug-likeness (QED) is 0.902. The fourth-order valence-electron chi connectivity index (χ4n) is 2.29. The van der Waals surface area contributed by atoms with Gasteiger partial charge >= 0.3 is 5.97 Å². The van der Waals surface area contributed by atoms with Crippen molar-refractivity contribution in [2.45, 2.75) is 39.0 Å². The van der Waals surface area contributed by atoms with Crippen LogP contribution in [-0.2, 0) is 17.3 Å². The van der Waals surface area contributed by atoms with E-state index in [2.05, 4.69) is 25.8 Å². The van der Waals surface area contributed by atoms with Crippen LogP contribution in [0.4, 0.5) is 0 Å². The van der Waals surface area contributed by atoms with E-state index >= 15 is 0 Å². The summed E-state index contributed by atoms with van der Waals surface area (Å²) < 4.78 is 2.05. The van der Waals surface area contributed by atoms with Gasteiger partial charge in [0, 0.05) is 12.5 Å². The monoisotopic (exact) mass is 260 g/mol. The molecule has 1 heterocycles. The summed E-state index contributed by atoms with van der Waals surface area (Å²) in [5.41, 5.74) is 2.67. The molecule has 0 aliphatic heterocycles. The Morgan fingerprint density at radius 1 is 1.37 bits per heavy atom. The van der Waals surface area contributed by atoms with E-state index in [-0.39, 0.29) is 5.41 Å². The number of fused-ring (bicyclic) bond motifs is 1. The van der Waals surface area contributed by atoms with Crippen molar-refractivity contribution in [2.24, 2.45) is 7.05 Å². The maximum Gasteiger partial charge on any atom is 0.310 e. The number of aliphatic carboxylic acids is 1. The second kappa shape index (κ2) is 4.37. The van der Waals surface area contributed by atoms with Crippen LogP contribution in [-0.4, -0.2) is 20.6 Å². The standard InChI is InChI=1S/C15H20N2O2/c1-9(13(18)19)10-6-7-11-12(8-10)17(5)14(16-11)15(2,3)4/h6-9H,1-5H3,(H,18,19). The predicted molar refractivity (Wildman–Crippen MR) is 75.5 cm³/mol. The Labute approximate surface area is 113 Å². The molecule has 0 amide bonds. The third kappa shape index (κ3) is 2.35. The molecule has 1 unspecified atom stereocenters. The Kier molecular flexibility index (Phi) is 3.12. The maximum absolute atomic E-state index is 11.1. The van der Waals surface area contributed by atoms with Gasteiger partial charge in [0.15, 0.2) is 0 Å². The third-order valence-electron chi connectivity index (χ3n) is 3.45. The highest BCUT2D eigenvalue weighted by molar-refractivity contribution is 5.81. The lowest BCUT2D eigenvalue weighted by molar-refractivity contribution is -0.138. The first kappa shape index (κ1) is 13.6. The number of rotatable bonds is 2. The lowest BCUT2D eigenvalue weighted by atomic mass is 9.96. The summed E-state index contributed by atoms with van der Waals surface area (Å²) >= 11 is 0. The average Bonchev–Trinajstić information content (AvgIpc) is 2.65. The second-order valence-corrected chi connectivity index (χ2v) is 6.05. The van der Waals surface area contributed by atoms with E-state index in [1.165, 1.54) is 0 Å². The molecule has 0 bridgehead atoms. The van der Waals surface area contributed by atoms with Gasteiger partial charge < -0.3 is 9.67 Å². The van der Waals surface area contributed by atoms with Crippen molar-refractivity contribution in [2.75, 3.05) is 0 Å². The summed E-state index contributed by atoms with van der Waals surface area (Å²) in [6.45, 7) is 8.06. The molecule has 0 aliphatic rings. The van der Waals surface area contributed by atoms with Gasteiger partial charge in [-0.3, -0.25) is 4.79 Å². The summed E-state index contributed by atoms with van der Waals surface area (Å²) in [5.74, 6) is -0.308. The Morgan fingerprint density at radius 2 is 2.00 bits per heavy atom. The van der Waals surface area contributed by atoms with Gasteiger partial charge in [0.05, 0.1) is 17.0 Å². The second-order valence-electron chi connectivity index (χ2n) is 6.05. The highest BCUT2D eigenvalue weighted by atomic mass is 16.4. The predicted octanol–water partition coefficient (Wildman–Crippen LogP) is 3.06. The molecule has 1 atom stereocenters. The maximum atomic E-state index is 11.1.